The summed E-state index contributed by atoms with van der Waals surface area (Å²) in [6.07, 6.45) is 6.66. The van der Waals surface area contributed by atoms with E-state index in [1.54, 1.807) is 0 Å². The Hall–Kier alpha value is -1.35. The first-order chi connectivity index (χ1) is 10.3. The van der Waals surface area contributed by atoms with Crippen molar-refractivity contribution in [3.63, 3.8) is 0 Å². The van der Waals surface area contributed by atoms with Crippen LogP contribution in [0.3, 0.4) is 0 Å². The van der Waals surface area contributed by atoms with Crippen LogP contribution in [0.25, 0.3) is 0 Å². The van der Waals surface area contributed by atoms with E-state index in [9.17, 15) is 9.90 Å². The van der Waals surface area contributed by atoms with Gasteiger partial charge in [-0.15, -0.1) is 0 Å². The van der Waals surface area contributed by atoms with Gasteiger partial charge < -0.3 is 10.0 Å². The highest BCUT2D eigenvalue weighted by Gasteiger charge is 2.37. The number of aliphatic hydroxyl groups is 1. The minimum Gasteiger partial charge on any atom is -0.392 e. The van der Waals surface area contributed by atoms with Gasteiger partial charge in [0.05, 0.1) is 18.1 Å². The number of likely N-dealkylation sites (tertiary alicyclic amines) is 1. The van der Waals surface area contributed by atoms with Crippen molar-refractivity contribution in [3.05, 3.63) is 35.9 Å². The quantitative estimate of drug-likeness (QED) is 0.906. The summed E-state index contributed by atoms with van der Waals surface area (Å²) in [7, 11) is 0. The molecule has 1 aromatic carbocycles. The first-order valence-corrected chi connectivity index (χ1v) is 8.31. The van der Waals surface area contributed by atoms with Crippen molar-refractivity contribution in [1.29, 1.82) is 0 Å². The largest absolute Gasteiger partial charge is 0.392 e. The van der Waals surface area contributed by atoms with Crippen LogP contribution >= 0.6 is 0 Å². The second kappa shape index (κ2) is 6.61. The summed E-state index contributed by atoms with van der Waals surface area (Å²) in [5, 5.41) is 10.1. The Morgan fingerprint density at radius 2 is 1.81 bits per heavy atom. The zero-order valence-electron chi connectivity index (χ0n) is 12.6. The minimum absolute atomic E-state index is 0.172. The lowest BCUT2D eigenvalue weighted by molar-refractivity contribution is -0.140. The van der Waals surface area contributed by atoms with Gasteiger partial charge >= 0.3 is 0 Å². The van der Waals surface area contributed by atoms with Gasteiger partial charge in [-0.05, 0) is 37.7 Å². The van der Waals surface area contributed by atoms with E-state index in [0.717, 1.165) is 38.6 Å². The Balaban J connectivity index is 1.83. The zero-order chi connectivity index (χ0) is 14.7. The highest BCUT2D eigenvalue weighted by atomic mass is 16.3. The lowest BCUT2D eigenvalue weighted by atomic mass is 9.98. The van der Waals surface area contributed by atoms with Crippen molar-refractivity contribution >= 4 is 5.91 Å². The third-order valence-corrected chi connectivity index (χ3v) is 5.02. The van der Waals surface area contributed by atoms with E-state index in [4.69, 9.17) is 0 Å². The summed E-state index contributed by atoms with van der Waals surface area (Å²) < 4.78 is 0. The average molecular weight is 287 g/mol. The Morgan fingerprint density at radius 1 is 1.00 bits per heavy atom. The summed E-state index contributed by atoms with van der Waals surface area (Å²) in [6, 6.07) is 10.6. The fraction of sp³-hybridized carbons (Fsp3) is 0.611. The van der Waals surface area contributed by atoms with Crippen molar-refractivity contribution in [2.75, 3.05) is 6.54 Å². The fourth-order valence-electron chi connectivity index (χ4n) is 3.84. The van der Waals surface area contributed by atoms with Crippen molar-refractivity contribution in [1.82, 2.24) is 4.90 Å². The molecule has 2 aliphatic rings. The summed E-state index contributed by atoms with van der Waals surface area (Å²) in [5.74, 6) is 0.00469. The van der Waals surface area contributed by atoms with E-state index in [1.165, 1.54) is 18.4 Å². The van der Waals surface area contributed by atoms with Gasteiger partial charge in [0.15, 0.2) is 0 Å². The van der Waals surface area contributed by atoms with Gasteiger partial charge in [-0.3, -0.25) is 4.79 Å². The average Bonchev–Trinajstić information content (AvgIpc) is 2.80. The van der Waals surface area contributed by atoms with Gasteiger partial charge in [0.25, 0.3) is 0 Å². The molecule has 1 amide bonds. The number of hydrogen-bond donors (Lipinski definition) is 1. The second-order valence-electron chi connectivity index (χ2n) is 6.41. The molecule has 1 heterocycles. The summed E-state index contributed by atoms with van der Waals surface area (Å²) in [4.78, 5) is 15.0. The lowest BCUT2D eigenvalue weighted by Crippen LogP contribution is -2.41. The molecule has 3 rings (SSSR count). The molecular weight excluding hydrogens is 262 g/mol. The molecule has 0 aromatic heterocycles. The molecular formula is C18H25NO2. The number of nitrogens with zero attached hydrogens (tertiary/aromatic N) is 1. The molecule has 3 atom stereocenters. The van der Waals surface area contributed by atoms with Crippen LogP contribution in [0.4, 0.5) is 0 Å². The van der Waals surface area contributed by atoms with E-state index in [2.05, 4.69) is 17.0 Å². The van der Waals surface area contributed by atoms with E-state index in [-0.39, 0.29) is 17.9 Å². The number of hydrogen-bond acceptors (Lipinski definition) is 2. The Bertz CT molecular complexity index is 473. The highest BCUT2D eigenvalue weighted by Crippen LogP contribution is 2.34. The fourth-order valence-corrected chi connectivity index (χ4v) is 3.84. The van der Waals surface area contributed by atoms with Crippen LogP contribution in [0.1, 0.15) is 56.6 Å². The van der Waals surface area contributed by atoms with Crippen LogP contribution in [0.2, 0.25) is 0 Å². The zero-order valence-corrected chi connectivity index (χ0v) is 12.6. The summed E-state index contributed by atoms with van der Waals surface area (Å²) in [5.41, 5.74) is 1.24. The van der Waals surface area contributed by atoms with Crippen LogP contribution in [0.5, 0.6) is 0 Å². The molecule has 1 aliphatic carbocycles. The molecule has 1 saturated heterocycles. The molecule has 1 aliphatic heterocycles. The number of carbonyl (C=O) groups excluding carboxylic acids is 1. The first kappa shape index (κ1) is 14.6. The Kier molecular flexibility index (Phi) is 4.59. The van der Waals surface area contributed by atoms with Gasteiger partial charge in [0.2, 0.25) is 5.91 Å². The molecule has 3 heteroatoms. The van der Waals surface area contributed by atoms with Crippen molar-refractivity contribution in [2.45, 2.75) is 57.1 Å². The Labute approximate surface area is 127 Å². The van der Waals surface area contributed by atoms with E-state index in [1.807, 2.05) is 18.2 Å². The number of carbonyl (C=O) groups is 1. The molecule has 1 N–H and O–H groups in total. The Morgan fingerprint density at radius 3 is 2.52 bits per heavy atom. The summed E-state index contributed by atoms with van der Waals surface area (Å²) in [6.45, 7) is 0.835. The van der Waals surface area contributed by atoms with Crippen molar-refractivity contribution in [3.8, 4) is 0 Å². The SMILES string of the molecule is O=C(C1CCCC1O)N1CCCCCC1c1ccccc1. The molecule has 0 spiro atoms. The highest BCUT2D eigenvalue weighted by molar-refractivity contribution is 5.80. The van der Waals surface area contributed by atoms with Crippen LogP contribution in [-0.2, 0) is 4.79 Å². The van der Waals surface area contributed by atoms with E-state index >= 15 is 0 Å². The first-order valence-electron chi connectivity index (χ1n) is 8.31. The van der Waals surface area contributed by atoms with Crippen LogP contribution in [0, 0.1) is 5.92 Å². The van der Waals surface area contributed by atoms with Gasteiger partial charge in [0, 0.05) is 6.54 Å². The number of amides is 1. The maximum atomic E-state index is 12.9. The predicted octanol–water partition coefficient (Wildman–Crippen LogP) is 3.29. The third-order valence-electron chi connectivity index (χ3n) is 5.02. The van der Waals surface area contributed by atoms with Crippen LogP contribution in [-0.4, -0.2) is 28.6 Å². The number of benzene rings is 1. The monoisotopic (exact) mass is 287 g/mol. The maximum Gasteiger partial charge on any atom is 0.228 e. The van der Waals surface area contributed by atoms with Crippen LogP contribution in [0.15, 0.2) is 30.3 Å². The number of rotatable bonds is 2. The molecule has 3 unspecified atom stereocenters. The third kappa shape index (κ3) is 3.13. The molecule has 3 nitrogen and oxygen atoms in total. The summed E-state index contributed by atoms with van der Waals surface area (Å²) >= 11 is 0. The molecule has 21 heavy (non-hydrogen) atoms. The maximum absolute atomic E-state index is 12.9. The van der Waals surface area contributed by atoms with Crippen LogP contribution < -0.4 is 0 Å². The molecule has 0 radical (unpaired) electrons. The topological polar surface area (TPSA) is 40.5 Å². The second-order valence-corrected chi connectivity index (χ2v) is 6.41. The molecule has 2 fully saturated rings. The standard InChI is InChI=1S/C18H25NO2/c20-17-12-7-10-15(17)18(21)19-13-6-2-5-11-16(19)14-8-3-1-4-9-14/h1,3-4,8-9,15-17,20H,2,5-7,10-13H2. The number of aliphatic hydroxyl groups excluding tert-OH is 1. The van der Waals surface area contributed by atoms with Crippen molar-refractivity contribution in [2.24, 2.45) is 5.92 Å². The predicted molar refractivity (Wildman–Crippen MR) is 82.7 cm³/mol. The lowest BCUT2D eigenvalue weighted by Gasteiger charge is -2.33. The van der Waals surface area contributed by atoms with Gasteiger partial charge in [-0.1, -0.05) is 43.2 Å². The smallest absolute Gasteiger partial charge is 0.228 e. The van der Waals surface area contributed by atoms with Crippen molar-refractivity contribution < 1.29 is 9.90 Å². The van der Waals surface area contributed by atoms with E-state index < -0.39 is 6.10 Å². The van der Waals surface area contributed by atoms with Gasteiger partial charge in [-0.25, -0.2) is 0 Å². The molecule has 114 valence electrons. The molecule has 0 bridgehead atoms. The van der Waals surface area contributed by atoms with Gasteiger partial charge in [-0.2, -0.15) is 0 Å². The molecule has 1 aromatic rings. The molecule has 1 saturated carbocycles. The minimum atomic E-state index is -0.433. The normalized spacial score (nSPS) is 30.1. The van der Waals surface area contributed by atoms with Gasteiger partial charge in [0.1, 0.15) is 0 Å². The van der Waals surface area contributed by atoms with E-state index in [0.29, 0.717) is 0 Å².